The molecule has 2 N–H and O–H groups in total. The number of aromatic nitrogens is 1. The van der Waals surface area contributed by atoms with Gasteiger partial charge in [-0.1, -0.05) is 24.6 Å². The number of hydrogen-bond donors (Lipinski definition) is 1. The molecule has 4 nitrogen and oxygen atoms in total. The molecule has 2 unspecified atom stereocenters. The van der Waals surface area contributed by atoms with Crippen LogP contribution in [0, 0.1) is 5.92 Å². The smallest absolute Gasteiger partial charge is 0.119 e. The fourth-order valence-electron chi connectivity index (χ4n) is 4.41. The van der Waals surface area contributed by atoms with Crippen molar-refractivity contribution in [2.24, 2.45) is 11.7 Å². The van der Waals surface area contributed by atoms with Crippen LogP contribution in [0.25, 0.3) is 21.8 Å². The second-order valence-corrected chi connectivity index (χ2v) is 9.15. The number of pyridine rings is 1. The lowest BCUT2D eigenvalue weighted by Crippen LogP contribution is -2.29. The lowest BCUT2D eigenvalue weighted by Gasteiger charge is -2.31. The largest absolute Gasteiger partial charge is 0.497 e. The van der Waals surface area contributed by atoms with E-state index in [-0.39, 0.29) is 12.1 Å². The van der Waals surface area contributed by atoms with Gasteiger partial charge in [0.05, 0.1) is 18.1 Å². The Bertz CT molecular complexity index is 1030. The Morgan fingerprint density at radius 1 is 1.13 bits per heavy atom. The molecule has 2 atom stereocenters. The average molecular weight is 426 g/mol. The van der Waals surface area contributed by atoms with E-state index in [0.717, 1.165) is 59.3 Å². The molecule has 30 heavy (non-hydrogen) atoms. The monoisotopic (exact) mass is 425 g/mol. The Morgan fingerprint density at radius 2 is 1.93 bits per heavy atom. The highest BCUT2D eigenvalue weighted by atomic mass is 35.5. The first-order valence-corrected chi connectivity index (χ1v) is 11.4. The summed E-state index contributed by atoms with van der Waals surface area (Å²) in [4.78, 5) is 7.45. The molecule has 1 heterocycles. The number of benzene rings is 2. The highest BCUT2D eigenvalue weighted by molar-refractivity contribution is 6.31. The summed E-state index contributed by atoms with van der Waals surface area (Å²) in [6.45, 7) is 3.28. The van der Waals surface area contributed by atoms with E-state index in [9.17, 15) is 0 Å². The van der Waals surface area contributed by atoms with Gasteiger partial charge in [0.2, 0.25) is 0 Å². The molecule has 3 aromatic rings. The third kappa shape index (κ3) is 4.56. The van der Waals surface area contributed by atoms with Gasteiger partial charge in [0.1, 0.15) is 5.75 Å². The number of fused-ring (bicyclic) bond motifs is 2. The first-order valence-electron chi connectivity index (χ1n) is 11.0. The third-order valence-corrected chi connectivity index (χ3v) is 6.66. The van der Waals surface area contributed by atoms with E-state index in [2.05, 4.69) is 31.0 Å². The molecule has 1 saturated carbocycles. The van der Waals surface area contributed by atoms with Crippen molar-refractivity contribution in [1.29, 1.82) is 0 Å². The molecule has 160 valence electrons. The molecule has 0 amide bonds. The van der Waals surface area contributed by atoms with Crippen molar-refractivity contribution in [2.75, 3.05) is 20.7 Å². The molecule has 0 spiro atoms. The highest BCUT2D eigenvalue weighted by Crippen LogP contribution is 2.40. The number of nitrogens with zero attached hydrogens (tertiary/aromatic N) is 2. The number of nitrogens with two attached hydrogens (primary N) is 1. The Hall–Kier alpha value is -1.88. The van der Waals surface area contributed by atoms with Gasteiger partial charge < -0.3 is 10.5 Å². The van der Waals surface area contributed by atoms with Gasteiger partial charge in [0.15, 0.2) is 0 Å². The second-order valence-electron chi connectivity index (χ2n) is 8.71. The van der Waals surface area contributed by atoms with Crippen molar-refractivity contribution in [3.63, 3.8) is 0 Å². The van der Waals surface area contributed by atoms with Crippen LogP contribution < -0.4 is 10.5 Å². The maximum atomic E-state index is 6.34. The van der Waals surface area contributed by atoms with Gasteiger partial charge in [-0.2, -0.15) is 0 Å². The molecule has 1 aliphatic rings. The van der Waals surface area contributed by atoms with Crippen molar-refractivity contribution in [3.05, 3.63) is 47.0 Å². The highest BCUT2D eigenvalue weighted by Gasteiger charge is 2.29. The van der Waals surface area contributed by atoms with Crippen LogP contribution in [0.3, 0.4) is 0 Å². The van der Waals surface area contributed by atoms with E-state index in [1.165, 1.54) is 18.4 Å². The molecule has 5 heteroatoms. The molecule has 0 aliphatic heterocycles. The minimum Gasteiger partial charge on any atom is -0.497 e. The van der Waals surface area contributed by atoms with Crippen LogP contribution in [0.5, 0.6) is 5.75 Å². The molecule has 4 rings (SSSR count). The van der Waals surface area contributed by atoms with Crippen molar-refractivity contribution in [1.82, 2.24) is 9.88 Å². The van der Waals surface area contributed by atoms with Crippen LogP contribution in [0.15, 0.2) is 36.4 Å². The topological polar surface area (TPSA) is 51.4 Å². The van der Waals surface area contributed by atoms with E-state index < -0.39 is 0 Å². The molecule has 0 bridgehead atoms. The quantitative estimate of drug-likeness (QED) is 0.430. The van der Waals surface area contributed by atoms with Crippen molar-refractivity contribution in [3.8, 4) is 5.75 Å². The minimum absolute atomic E-state index is 0.227. The molecule has 1 aromatic heterocycles. The van der Waals surface area contributed by atoms with E-state index in [1.807, 2.05) is 24.3 Å². The molecule has 2 aromatic carbocycles. The number of methoxy groups -OCH3 is 1. The zero-order valence-electron chi connectivity index (χ0n) is 18.2. The van der Waals surface area contributed by atoms with E-state index in [0.29, 0.717) is 5.02 Å². The molecule has 1 aliphatic carbocycles. The zero-order chi connectivity index (χ0) is 21.3. The molecular formula is C25H32ClN3O. The number of ether oxygens (including phenoxy) is 1. The number of halogens is 1. The molecule has 0 radical (unpaired) electrons. The normalized spacial score (nSPS) is 16.3. The van der Waals surface area contributed by atoms with Crippen molar-refractivity contribution in [2.45, 2.75) is 51.1 Å². The summed E-state index contributed by atoms with van der Waals surface area (Å²) >= 11 is 6.32. The van der Waals surface area contributed by atoms with Gasteiger partial charge in [-0.3, -0.25) is 4.90 Å². The summed E-state index contributed by atoms with van der Waals surface area (Å²) in [5, 5.41) is 3.03. The molecular weight excluding hydrogens is 394 g/mol. The van der Waals surface area contributed by atoms with E-state index in [1.54, 1.807) is 7.11 Å². The minimum atomic E-state index is 0.227. The maximum absolute atomic E-state index is 6.34. The van der Waals surface area contributed by atoms with Crippen molar-refractivity contribution < 1.29 is 4.74 Å². The summed E-state index contributed by atoms with van der Waals surface area (Å²) in [5.41, 5.74) is 9.57. The zero-order valence-corrected chi connectivity index (χ0v) is 19.0. The Kier molecular flexibility index (Phi) is 6.47. The van der Waals surface area contributed by atoms with Gasteiger partial charge in [0.25, 0.3) is 0 Å². The van der Waals surface area contributed by atoms with Crippen LogP contribution in [0.1, 0.15) is 50.6 Å². The van der Waals surface area contributed by atoms with Gasteiger partial charge in [0, 0.05) is 34.4 Å². The average Bonchev–Trinajstić information content (AvgIpc) is 3.56. The van der Waals surface area contributed by atoms with Crippen molar-refractivity contribution >= 4 is 33.4 Å². The summed E-state index contributed by atoms with van der Waals surface area (Å²) in [6, 6.07) is 12.7. The van der Waals surface area contributed by atoms with Gasteiger partial charge in [-0.05, 0) is 81.0 Å². The third-order valence-electron chi connectivity index (χ3n) is 6.43. The van der Waals surface area contributed by atoms with Crippen LogP contribution in [-0.2, 0) is 0 Å². The summed E-state index contributed by atoms with van der Waals surface area (Å²) in [6.07, 6.45) is 5.70. The number of rotatable bonds is 9. The standard InChI is InChI=1S/C25H32ClN3O/c1-4-18(27)8-12-24(29(2)15-16-5-6-16)25-20-10-7-17(26)13-23(20)28-22-11-9-19(30-3)14-21(22)25/h7,9-11,13-14,16,18,24H,4-6,8,12,15,27H2,1-3H3. The predicted molar refractivity (Wildman–Crippen MR) is 126 cm³/mol. The lowest BCUT2D eigenvalue weighted by atomic mass is 9.91. The Balaban J connectivity index is 1.90. The van der Waals surface area contributed by atoms with Crippen LogP contribution in [-0.4, -0.2) is 36.6 Å². The first kappa shape index (κ1) is 21.4. The molecule has 0 saturated heterocycles. The number of hydrogen-bond acceptors (Lipinski definition) is 4. The molecule has 1 fully saturated rings. The van der Waals surface area contributed by atoms with Crippen LogP contribution in [0.4, 0.5) is 0 Å². The SMILES string of the molecule is CCC(N)CCC(c1c2ccc(Cl)cc2nc2ccc(OC)cc12)N(C)CC1CC1. The Morgan fingerprint density at radius 3 is 2.63 bits per heavy atom. The first-order chi connectivity index (χ1) is 14.5. The predicted octanol–water partition coefficient (Wildman–Crippen LogP) is 5.95. The summed E-state index contributed by atoms with van der Waals surface area (Å²) in [5.74, 6) is 1.67. The fraction of sp³-hybridized carbons (Fsp3) is 0.480. The summed E-state index contributed by atoms with van der Waals surface area (Å²) in [7, 11) is 3.97. The van der Waals surface area contributed by atoms with Crippen LogP contribution >= 0.6 is 11.6 Å². The van der Waals surface area contributed by atoms with Gasteiger partial charge >= 0.3 is 0 Å². The maximum Gasteiger partial charge on any atom is 0.119 e. The lowest BCUT2D eigenvalue weighted by molar-refractivity contribution is 0.219. The van der Waals surface area contributed by atoms with Gasteiger partial charge in [-0.15, -0.1) is 0 Å². The Labute approximate surface area is 184 Å². The summed E-state index contributed by atoms with van der Waals surface area (Å²) < 4.78 is 5.56. The van der Waals surface area contributed by atoms with Crippen LogP contribution in [0.2, 0.25) is 5.02 Å². The van der Waals surface area contributed by atoms with Gasteiger partial charge in [-0.25, -0.2) is 4.98 Å². The fourth-order valence-corrected chi connectivity index (χ4v) is 4.58. The van der Waals surface area contributed by atoms with E-state index in [4.69, 9.17) is 27.1 Å². The second kappa shape index (κ2) is 9.09. The van der Waals surface area contributed by atoms with E-state index >= 15 is 0 Å².